The number of ketones is 1. The van der Waals surface area contributed by atoms with Crippen LogP contribution in [-0.2, 0) is 11.2 Å². The maximum absolute atomic E-state index is 12.3. The number of rotatable bonds is 3. The highest BCUT2D eigenvalue weighted by Crippen LogP contribution is 2.29. The van der Waals surface area contributed by atoms with Gasteiger partial charge in [0.05, 0.1) is 5.54 Å². The number of Topliss-reactive ketones (excluding diaryl/α,β-unsaturated/α-hetero) is 1. The molecule has 1 aromatic carbocycles. The standard InChI is InChI=1S/C14H17Cl2NO/c15-11-5-4-10(12(16)9-11)8-13(18)14(17)6-2-1-3-7-14/h4-5,9H,1-3,6-8,17H2. The normalized spacial score (nSPS) is 18.6. The molecule has 1 aliphatic rings. The molecule has 2 rings (SSSR count). The lowest BCUT2D eigenvalue weighted by Gasteiger charge is -2.32. The Bertz CT molecular complexity index is 453. The summed E-state index contributed by atoms with van der Waals surface area (Å²) in [5, 5.41) is 1.12. The minimum Gasteiger partial charge on any atom is -0.319 e. The molecule has 98 valence electrons. The van der Waals surface area contributed by atoms with Crippen LogP contribution >= 0.6 is 23.2 Å². The van der Waals surface area contributed by atoms with Crippen molar-refractivity contribution in [1.82, 2.24) is 0 Å². The second-order valence-electron chi connectivity index (χ2n) is 5.05. The largest absolute Gasteiger partial charge is 0.319 e. The third kappa shape index (κ3) is 3.05. The minimum absolute atomic E-state index is 0.0893. The van der Waals surface area contributed by atoms with Gasteiger partial charge in [0, 0.05) is 16.5 Å². The van der Waals surface area contributed by atoms with Gasteiger partial charge in [-0.1, -0.05) is 48.5 Å². The van der Waals surface area contributed by atoms with Crippen LogP contribution in [0.3, 0.4) is 0 Å². The predicted octanol–water partition coefficient (Wildman–Crippen LogP) is 3.77. The predicted molar refractivity (Wildman–Crippen MR) is 75.2 cm³/mol. The fraction of sp³-hybridized carbons (Fsp3) is 0.500. The molecule has 1 aromatic rings. The Hall–Kier alpha value is -0.570. The van der Waals surface area contributed by atoms with E-state index in [1.165, 1.54) is 6.42 Å². The lowest BCUT2D eigenvalue weighted by atomic mass is 9.78. The SMILES string of the molecule is NC1(C(=O)Cc2ccc(Cl)cc2Cl)CCCCC1. The highest BCUT2D eigenvalue weighted by atomic mass is 35.5. The Balaban J connectivity index is 2.11. The van der Waals surface area contributed by atoms with Crippen LogP contribution in [0.4, 0.5) is 0 Å². The molecule has 0 unspecified atom stereocenters. The van der Waals surface area contributed by atoms with Crippen molar-refractivity contribution in [3.63, 3.8) is 0 Å². The number of benzene rings is 1. The van der Waals surface area contributed by atoms with E-state index in [2.05, 4.69) is 0 Å². The van der Waals surface area contributed by atoms with Gasteiger partial charge in [0.1, 0.15) is 0 Å². The molecule has 0 heterocycles. The second-order valence-corrected chi connectivity index (χ2v) is 5.90. The highest BCUT2D eigenvalue weighted by molar-refractivity contribution is 6.35. The van der Waals surface area contributed by atoms with Gasteiger partial charge in [-0.25, -0.2) is 0 Å². The van der Waals surface area contributed by atoms with Crippen molar-refractivity contribution in [2.24, 2.45) is 5.73 Å². The first kappa shape index (κ1) is 13.9. The number of hydrogen-bond donors (Lipinski definition) is 1. The molecule has 18 heavy (non-hydrogen) atoms. The number of carbonyl (C=O) groups is 1. The van der Waals surface area contributed by atoms with Gasteiger partial charge in [-0.05, 0) is 30.5 Å². The molecule has 0 spiro atoms. The van der Waals surface area contributed by atoms with Crippen molar-refractivity contribution >= 4 is 29.0 Å². The molecule has 0 saturated heterocycles. The molecule has 0 amide bonds. The Morgan fingerprint density at radius 2 is 1.89 bits per heavy atom. The lowest BCUT2D eigenvalue weighted by Crippen LogP contribution is -2.50. The summed E-state index contributed by atoms with van der Waals surface area (Å²) in [6, 6.07) is 5.21. The molecular weight excluding hydrogens is 269 g/mol. The summed E-state index contributed by atoms with van der Waals surface area (Å²) in [6.45, 7) is 0. The number of hydrogen-bond acceptors (Lipinski definition) is 2. The van der Waals surface area contributed by atoms with E-state index in [4.69, 9.17) is 28.9 Å². The topological polar surface area (TPSA) is 43.1 Å². The Labute approximate surface area is 117 Å². The number of halogens is 2. The van der Waals surface area contributed by atoms with E-state index in [9.17, 15) is 4.79 Å². The van der Waals surface area contributed by atoms with Crippen LogP contribution in [-0.4, -0.2) is 11.3 Å². The third-order valence-corrected chi connectivity index (χ3v) is 4.25. The van der Waals surface area contributed by atoms with E-state index in [1.54, 1.807) is 18.2 Å². The molecule has 1 saturated carbocycles. The van der Waals surface area contributed by atoms with Crippen molar-refractivity contribution in [3.8, 4) is 0 Å². The van der Waals surface area contributed by atoms with Gasteiger partial charge in [-0.15, -0.1) is 0 Å². The monoisotopic (exact) mass is 285 g/mol. The fourth-order valence-corrected chi connectivity index (χ4v) is 2.95. The molecule has 1 aliphatic carbocycles. The summed E-state index contributed by atoms with van der Waals surface area (Å²) in [6.07, 6.45) is 5.13. The van der Waals surface area contributed by atoms with Crippen molar-refractivity contribution < 1.29 is 4.79 Å². The summed E-state index contributed by atoms with van der Waals surface area (Å²) in [5.74, 6) is 0.0893. The molecule has 2 nitrogen and oxygen atoms in total. The van der Waals surface area contributed by atoms with Gasteiger partial charge in [-0.2, -0.15) is 0 Å². The van der Waals surface area contributed by atoms with E-state index in [0.717, 1.165) is 31.2 Å². The zero-order chi connectivity index (χ0) is 13.2. The van der Waals surface area contributed by atoms with Crippen molar-refractivity contribution in [1.29, 1.82) is 0 Å². The van der Waals surface area contributed by atoms with Crippen LogP contribution < -0.4 is 5.73 Å². The van der Waals surface area contributed by atoms with E-state index in [1.807, 2.05) is 0 Å². The van der Waals surface area contributed by atoms with Crippen LogP contribution in [0.1, 0.15) is 37.7 Å². The average molecular weight is 286 g/mol. The van der Waals surface area contributed by atoms with Crippen LogP contribution in [0.5, 0.6) is 0 Å². The quantitative estimate of drug-likeness (QED) is 0.919. The summed E-state index contributed by atoms with van der Waals surface area (Å²) in [7, 11) is 0. The minimum atomic E-state index is -0.652. The maximum atomic E-state index is 12.3. The average Bonchev–Trinajstić information content (AvgIpc) is 2.33. The van der Waals surface area contributed by atoms with Crippen molar-refractivity contribution in [2.75, 3.05) is 0 Å². The number of nitrogens with two attached hydrogens (primary N) is 1. The lowest BCUT2D eigenvalue weighted by molar-refractivity contribution is -0.124. The van der Waals surface area contributed by atoms with E-state index in [0.29, 0.717) is 16.5 Å². The summed E-state index contributed by atoms with van der Waals surface area (Å²) in [5.41, 5.74) is 6.37. The summed E-state index contributed by atoms with van der Waals surface area (Å²) >= 11 is 11.9. The van der Waals surface area contributed by atoms with Crippen molar-refractivity contribution in [2.45, 2.75) is 44.1 Å². The first-order valence-electron chi connectivity index (χ1n) is 6.27. The van der Waals surface area contributed by atoms with Crippen LogP contribution in [0.15, 0.2) is 18.2 Å². The van der Waals surface area contributed by atoms with Crippen LogP contribution in [0, 0.1) is 0 Å². The smallest absolute Gasteiger partial charge is 0.157 e. The molecule has 1 fully saturated rings. The van der Waals surface area contributed by atoms with Gasteiger partial charge < -0.3 is 5.73 Å². The first-order chi connectivity index (χ1) is 8.51. The fourth-order valence-electron chi connectivity index (χ4n) is 2.48. The molecule has 0 aliphatic heterocycles. The number of carbonyl (C=O) groups excluding carboxylic acids is 1. The molecule has 0 atom stereocenters. The molecule has 2 N–H and O–H groups in total. The Morgan fingerprint density at radius 1 is 1.22 bits per heavy atom. The zero-order valence-corrected chi connectivity index (χ0v) is 11.7. The van der Waals surface area contributed by atoms with Gasteiger partial charge in [0.2, 0.25) is 0 Å². The van der Waals surface area contributed by atoms with Crippen molar-refractivity contribution in [3.05, 3.63) is 33.8 Å². The van der Waals surface area contributed by atoms with Gasteiger partial charge in [0.15, 0.2) is 5.78 Å². The van der Waals surface area contributed by atoms with E-state index in [-0.39, 0.29) is 5.78 Å². The molecule has 0 bridgehead atoms. The molecular formula is C14H17Cl2NO. The molecule has 4 heteroatoms. The van der Waals surface area contributed by atoms with Gasteiger partial charge in [0.25, 0.3) is 0 Å². The zero-order valence-electron chi connectivity index (χ0n) is 10.2. The third-order valence-electron chi connectivity index (χ3n) is 3.67. The first-order valence-corrected chi connectivity index (χ1v) is 7.03. The van der Waals surface area contributed by atoms with E-state index >= 15 is 0 Å². The summed E-state index contributed by atoms with van der Waals surface area (Å²) < 4.78 is 0. The van der Waals surface area contributed by atoms with Crippen LogP contribution in [0.25, 0.3) is 0 Å². The Morgan fingerprint density at radius 3 is 2.50 bits per heavy atom. The molecule has 0 radical (unpaired) electrons. The van der Waals surface area contributed by atoms with Gasteiger partial charge >= 0.3 is 0 Å². The van der Waals surface area contributed by atoms with Gasteiger partial charge in [-0.3, -0.25) is 4.79 Å². The van der Waals surface area contributed by atoms with Crippen LogP contribution in [0.2, 0.25) is 10.0 Å². The highest BCUT2D eigenvalue weighted by Gasteiger charge is 2.34. The second kappa shape index (κ2) is 5.60. The maximum Gasteiger partial charge on any atom is 0.157 e. The Kier molecular flexibility index (Phi) is 4.31. The molecule has 0 aromatic heterocycles. The summed E-state index contributed by atoms with van der Waals surface area (Å²) in [4.78, 5) is 12.3. The van der Waals surface area contributed by atoms with E-state index < -0.39 is 5.54 Å².